The van der Waals surface area contributed by atoms with E-state index >= 15 is 0 Å². The topological polar surface area (TPSA) is 38.8 Å². The predicted octanol–water partition coefficient (Wildman–Crippen LogP) is 0.895. The second-order valence-electron chi connectivity index (χ2n) is 2.47. The zero-order valence-corrected chi connectivity index (χ0v) is 6.41. The Labute approximate surface area is 66.0 Å². The summed E-state index contributed by atoms with van der Waals surface area (Å²) in [6.45, 7) is 4.65. The maximum Gasteiger partial charge on any atom is 0.306 e. The molecule has 0 radical (unpaired) electrons. The van der Waals surface area contributed by atoms with Gasteiger partial charge in [-0.3, -0.25) is 4.79 Å². The molecule has 1 aliphatic heterocycles. The number of carbonyl (C=O) groups is 1. The first-order valence-corrected chi connectivity index (χ1v) is 3.71. The van der Waals surface area contributed by atoms with Crippen molar-refractivity contribution >= 4 is 5.97 Å². The summed E-state index contributed by atoms with van der Waals surface area (Å²) in [4.78, 5) is 10.8. The van der Waals surface area contributed by atoms with Crippen LogP contribution in [0.5, 0.6) is 0 Å². The lowest BCUT2D eigenvalue weighted by molar-refractivity contribution is -0.144. The summed E-state index contributed by atoms with van der Waals surface area (Å²) in [5, 5.41) is 0. The fourth-order valence-electron chi connectivity index (χ4n) is 0.642. The Kier molecular flexibility index (Phi) is 3.11. The normalized spacial score (nSPS) is 20.9. The zero-order chi connectivity index (χ0) is 8.10. The SMILES string of the molecule is C=CCCC(=O)OCC1CO1. The molecule has 62 valence electrons. The zero-order valence-electron chi connectivity index (χ0n) is 6.41. The van der Waals surface area contributed by atoms with Gasteiger partial charge >= 0.3 is 5.97 Å². The molecule has 0 N–H and O–H groups in total. The Hall–Kier alpha value is -0.830. The third kappa shape index (κ3) is 3.78. The van der Waals surface area contributed by atoms with E-state index in [1.807, 2.05) is 0 Å². The molecule has 1 fully saturated rings. The van der Waals surface area contributed by atoms with Crippen LogP contribution in [0.3, 0.4) is 0 Å². The van der Waals surface area contributed by atoms with Gasteiger partial charge in [-0.1, -0.05) is 6.08 Å². The quantitative estimate of drug-likeness (QED) is 0.337. The predicted molar refractivity (Wildman–Crippen MR) is 40.1 cm³/mol. The maximum absolute atomic E-state index is 10.8. The van der Waals surface area contributed by atoms with Crippen LogP contribution >= 0.6 is 0 Å². The van der Waals surface area contributed by atoms with Crippen molar-refractivity contribution in [2.24, 2.45) is 0 Å². The van der Waals surface area contributed by atoms with E-state index in [-0.39, 0.29) is 12.1 Å². The molecule has 0 aromatic rings. The minimum absolute atomic E-state index is 0.166. The Morgan fingerprint density at radius 2 is 2.55 bits per heavy atom. The molecule has 0 bridgehead atoms. The number of rotatable bonds is 5. The minimum Gasteiger partial charge on any atom is -0.463 e. The molecule has 0 aliphatic carbocycles. The maximum atomic E-state index is 10.8. The Morgan fingerprint density at radius 1 is 1.82 bits per heavy atom. The molecule has 3 nitrogen and oxygen atoms in total. The van der Waals surface area contributed by atoms with Crippen molar-refractivity contribution in [3.05, 3.63) is 12.7 Å². The highest BCUT2D eigenvalue weighted by molar-refractivity contribution is 5.69. The van der Waals surface area contributed by atoms with Gasteiger partial charge in [-0.2, -0.15) is 0 Å². The second-order valence-corrected chi connectivity index (χ2v) is 2.47. The van der Waals surface area contributed by atoms with Crippen molar-refractivity contribution in [3.63, 3.8) is 0 Å². The third-order valence-corrected chi connectivity index (χ3v) is 1.39. The lowest BCUT2D eigenvalue weighted by Crippen LogP contribution is -2.08. The first-order chi connectivity index (χ1) is 5.33. The molecule has 0 aromatic carbocycles. The van der Waals surface area contributed by atoms with Crippen molar-refractivity contribution in [3.8, 4) is 0 Å². The summed E-state index contributed by atoms with van der Waals surface area (Å²) < 4.78 is 9.72. The van der Waals surface area contributed by atoms with Gasteiger partial charge in [0.1, 0.15) is 12.7 Å². The van der Waals surface area contributed by atoms with Crippen molar-refractivity contribution in [1.82, 2.24) is 0 Å². The minimum atomic E-state index is -0.166. The van der Waals surface area contributed by atoms with Crippen LogP contribution in [-0.4, -0.2) is 25.3 Å². The average Bonchev–Trinajstić information content (AvgIpc) is 2.80. The second kappa shape index (κ2) is 4.13. The molecule has 1 unspecified atom stereocenters. The molecule has 0 spiro atoms. The first-order valence-electron chi connectivity index (χ1n) is 3.71. The van der Waals surface area contributed by atoms with Crippen LogP contribution < -0.4 is 0 Å². The van der Waals surface area contributed by atoms with Crippen LogP contribution in [0.15, 0.2) is 12.7 Å². The number of ether oxygens (including phenoxy) is 2. The number of esters is 1. The highest BCUT2D eigenvalue weighted by Gasteiger charge is 2.23. The third-order valence-electron chi connectivity index (χ3n) is 1.39. The molecule has 0 amide bonds. The smallest absolute Gasteiger partial charge is 0.306 e. The average molecular weight is 156 g/mol. The van der Waals surface area contributed by atoms with E-state index in [1.165, 1.54) is 0 Å². The van der Waals surface area contributed by atoms with Crippen LogP contribution in [-0.2, 0) is 14.3 Å². The van der Waals surface area contributed by atoms with Gasteiger partial charge in [-0.05, 0) is 6.42 Å². The fourth-order valence-corrected chi connectivity index (χ4v) is 0.642. The summed E-state index contributed by atoms with van der Waals surface area (Å²) in [6.07, 6.45) is 2.98. The molecule has 1 saturated heterocycles. The molecule has 1 rings (SSSR count). The van der Waals surface area contributed by atoms with Crippen molar-refractivity contribution in [2.75, 3.05) is 13.2 Å². The lowest BCUT2D eigenvalue weighted by Gasteiger charge is -1.99. The van der Waals surface area contributed by atoms with Crippen molar-refractivity contribution in [2.45, 2.75) is 18.9 Å². The highest BCUT2D eigenvalue weighted by Crippen LogP contribution is 2.09. The van der Waals surface area contributed by atoms with Crippen LogP contribution in [0.2, 0.25) is 0 Å². The molecule has 1 atom stereocenters. The largest absolute Gasteiger partial charge is 0.463 e. The Bertz CT molecular complexity index is 149. The van der Waals surface area contributed by atoms with E-state index in [9.17, 15) is 4.79 Å². The van der Waals surface area contributed by atoms with Crippen LogP contribution in [0.25, 0.3) is 0 Å². The summed E-state index contributed by atoms with van der Waals surface area (Å²) in [5.41, 5.74) is 0. The van der Waals surface area contributed by atoms with E-state index < -0.39 is 0 Å². The van der Waals surface area contributed by atoms with Gasteiger partial charge < -0.3 is 9.47 Å². The molecular weight excluding hydrogens is 144 g/mol. The molecule has 3 heteroatoms. The molecule has 1 heterocycles. The van der Waals surface area contributed by atoms with E-state index in [2.05, 4.69) is 6.58 Å². The van der Waals surface area contributed by atoms with Crippen LogP contribution in [0.4, 0.5) is 0 Å². The van der Waals surface area contributed by atoms with Gasteiger partial charge in [-0.15, -0.1) is 6.58 Å². The van der Waals surface area contributed by atoms with Gasteiger partial charge in [0.2, 0.25) is 0 Å². The Morgan fingerprint density at radius 3 is 3.09 bits per heavy atom. The number of allylic oxidation sites excluding steroid dienone is 1. The number of carbonyl (C=O) groups excluding carboxylic acids is 1. The summed E-state index contributed by atoms with van der Waals surface area (Å²) in [5.74, 6) is -0.166. The van der Waals surface area contributed by atoms with Crippen LogP contribution in [0.1, 0.15) is 12.8 Å². The molecule has 0 aromatic heterocycles. The number of epoxide rings is 1. The summed E-state index contributed by atoms with van der Waals surface area (Å²) >= 11 is 0. The van der Waals surface area contributed by atoms with Gasteiger partial charge in [0.25, 0.3) is 0 Å². The van der Waals surface area contributed by atoms with Gasteiger partial charge in [0, 0.05) is 6.42 Å². The van der Waals surface area contributed by atoms with Crippen molar-refractivity contribution in [1.29, 1.82) is 0 Å². The fraction of sp³-hybridized carbons (Fsp3) is 0.625. The number of hydrogen-bond donors (Lipinski definition) is 0. The molecule has 11 heavy (non-hydrogen) atoms. The lowest BCUT2D eigenvalue weighted by atomic mass is 10.3. The van der Waals surface area contributed by atoms with E-state index in [1.54, 1.807) is 6.08 Å². The van der Waals surface area contributed by atoms with E-state index in [4.69, 9.17) is 9.47 Å². The monoisotopic (exact) mass is 156 g/mol. The summed E-state index contributed by atoms with van der Waals surface area (Å²) in [7, 11) is 0. The number of hydrogen-bond acceptors (Lipinski definition) is 3. The molecule has 1 aliphatic rings. The van der Waals surface area contributed by atoms with Gasteiger partial charge in [0.15, 0.2) is 0 Å². The summed E-state index contributed by atoms with van der Waals surface area (Å²) in [6, 6.07) is 0. The molecular formula is C8H12O3. The first kappa shape index (κ1) is 8.27. The Balaban J connectivity index is 1.95. The van der Waals surface area contributed by atoms with Gasteiger partial charge in [-0.25, -0.2) is 0 Å². The van der Waals surface area contributed by atoms with E-state index in [0.29, 0.717) is 19.4 Å². The standard InChI is InChI=1S/C8H12O3/c1-2-3-4-8(9)11-6-7-5-10-7/h2,7H,1,3-6H2. The van der Waals surface area contributed by atoms with Gasteiger partial charge in [0.05, 0.1) is 6.61 Å². The van der Waals surface area contributed by atoms with E-state index in [0.717, 1.165) is 6.61 Å². The molecule has 0 saturated carbocycles. The van der Waals surface area contributed by atoms with Crippen LogP contribution in [0, 0.1) is 0 Å². The highest BCUT2D eigenvalue weighted by atomic mass is 16.6. The van der Waals surface area contributed by atoms with Crippen molar-refractivity contribution < 1.29 is 14.3 Å².